The Balaban J connectivity index is 1.42. The highest BCUT2D eigenvalue weighted by Crippen LogP contribution is 2.51. The summed E-state index contributed by atoms with van der Waals surface area (Å²) in [5.41, 5.74) is 9.84. The minimum Gasteiger partial charge on any atom is -0.454 e. The normalized spacial score (nSPS) is 15.4. The minimum absolute atomic E-state index is 0.0351. The van der Waals surface area contributed by atoms with Gasteiger partial charge in [-0.2, -0.15) is 0 Å². The molecule has 1 aliphatic carbocycles. The lowest BCUT2D eigenvalue weighted by Crippen LogP contribution is -2.27. The van der Waals surface area contributed by atoms with Crippen LogP contribution in [0.15, 0.2) is 60.7 Å². The number of rotatable bonds is 5. The van der Waals surface area contributed by atoms with Gasteiger partial charge in [-0.1, -0.05) is 24.3 Å². The zero-order valence-electron chi connectivity index (χ0n) is 17.1. The summed E-state index contributed by atoms with van der Waals surface area (Å²) < 4.78 is 10.9. The minimum atomic E-state index is -0.544. The van der Waals surface area contributed by atoms with Crippen molar-refractivity contribution in [2.24, 2.45) is 5.73 Å². The lowest BCUT2D eigenvalue weighted by atomic mass is 9.94. The standard InChI is InChI=1S/C25H22N2O4/c1-15-5-7-19(13-20(15)16-3-2-4-17(11-16)23(26)28)27-24(29)25(9-10-25)18-6-8-21-22(12-18)31-14-30-21/h2-8,11-13H,9-10,14H2,1H3,(H2,26,28)(H,27,29). The molecule has 0 radical (unpaired) electrons. The van der Waals surface area contributed by atoms with Gasteiger partial charge in [-0.25, -0.2) is 0 Å². The number of amides is 2. The molecule has 0 spiro atoms. The molecule has 156 valence electrons. The van der Waals surface area contributed by atoms with Crippen LogP contribution in [0, 0.1) is 6.92 Å². The third-order valence-electron chi connectivity index (χ3n) is 6.06. The van der Waals surface area contributed by atoms with Crippen molar-refractivity contribution in [1.29, 1.82) is 0 Å². The van der Waals surface area contributed by atoms with Gasteiger partial charge in [0, 0.05) is 11.3 Å². The first-order chi connectivity index (χ1) is 15.0. The average molecular weight is 414 g/mol. The number of nitrogens with one attached hydrogen (secondary N) is 1. The van der Waals surface area contributed by atoms with Crippen molar-refractivity contribution in [3.63, 3.8) is 0 Å². The predicted octanol–water partition coefficient (Wildman–Crippen LogP) is 4.16. The van der Waals surface area contributed by atoms with Gasteiger partial charge in [0.1, 0.15) is 0 Å². The van der Waals surface area contributed by atoms with Crippen molar-refractivity contribution in [2.75, 3.05) is 12.1 Å². The molecule has 1 heterocycles. The fourth-order valence-corrected chi connectivity index (χ4v) is 4.07. The fourth-order valence-electron chi connectivity index (χ4n) is 4.07. The van der Waals surface area contributed by atoms with Crippen LogP contribution in [0.4, 0.5) is 5.69 Å². The van der Waals surface area contributed by atoms with Crippen LogP contribution in [0.2, 0.25) is 0 Å². The average Bonchev–Trinajstić information content (AvgIpc) is 3.46. The molecule has 3 N–H and O–H groups in total. The number of nitrogens with two attached hydrogens (primary N) is 1. The Bertz CT molecular complexity index is 1210. The Labute approximate surface area is 180 Å². The number of hydrogen-bond donors (Lipinski definition) is 2. The highest BCUT2D eigenvalue weighted by atomic mass is 16.7. The molecule has 0 atom stereocenters. The molecular weight excluding hydrogens is 392 g/mol. The van der Waals surface area contributed by atoms with E-state index in [0.29, 0.717) is 22.7 Å². The van der Waals surface area contributed by atoms with Crippen molar-refractivity contribution >= 4 is 17.5 Å². The summed E-state index contributed by atoms with van der Waals surface area (Å²) in [6.45, 7) is 2.20. The van der Waals surface area contributed by atoms with E-state index < -0.39 is 11.3 Å². The second-order valence-corrected chi connectivity index (χ2v) is 8.08. The van der Waals surface area contributed by atoms with E-state index in [2.05, 4.69) is 5.32 Å². The van der Waals surface area contributed by atoms with Crippen LogP contribution in [0.25, 0.3) is 11.1 Å². The maximum absolute atomic E-state index is 13.2. The van der Waals surface area contributed by atoms with Gasteiger partial charge in [0.2, 0.25) is 18.6 Å². The van der Waals surface area contributed by atoms with Gasteiger partial charge in [-0.3, -0.25) is 9.59 Å². The van der Waals surface area contributed by atoms with E-state index in [1.807, 2.05) is 49.4 Å². The molecule has 1 saturated carbocycles. The number of anilines is 1. The molecule has 0 saturated heterocycles. The Kier molecular flexibility index (Phi) is 4.43. The molecule has 0 unspecified atom stereocenters. The molecular formula is C25H22N2O4. The maximum Gasteiger partial charge on any atom is 0.248 e. The summed E-state index contributed by atoms with van der Waals surface area (Å²) in [7, 11) is 0. The number of benzene rings is 3. The molecule has 1 aliphatic heterocycles. The quantitative estimate of drug-likeness (QED) is 0.656. The van der Waals surface area contributed by atoms with Crippen molar-refractivity contribution in [3.8, 4) is 22.6 Å². The van der Waals surface area contributed by atoms with Crippen LogP contribution in [0.3, 0.4) is 0 Å². The summed E-state index contributed by atoms with van der Waals surface area (Å²) in [5.74, 6) is 0.889. The monoisotopic (exact) mass is 414 g/mol. The second-order valence-electron chi connectivity index (χ2n) is 8.08. The number of aryl methyl sites for hydroxylation is 1. The summed E-state index contributed by atoms with van der Waals surface area (Å²) in [5, 5.41) is 3.08. The molecule has 2 aliphatic rings. The topological polar surface area (TPSA) is 90.7 Å². The molecule has 31 heavy (non-hydrogen) atoms. The highest BCUT2D eigenvalue weighted by molar-refractivity contribution is 6.02. The van der Waals surface area contributed by atoms with Crippen molar-refractivity contribution < 1.29 is 19.1 Å². The van der Waals surface area contributed by atoms with Crippen LogP contribution < -0.4 is 20.5 Å². The SMILES string of the molecule is Cc1ccc(NC(=O)C2(c3ccc4c(c3)OCO4)CC2)cc1-c1cccc(C(N)=O)c1. The van der Waals surface area contributed by atoms with E-state index in [1.54, 1.807) is 18.2 Å². The van der Waals surface area contributed by atoms with Crippen LogP contribution in [0.1, 0.15) is 34.3 Å². The Hall–Kier alpha value is -3.80. The van der Waals surface area contributed by atoms with Gasteiger partial charge in [0.25, 0.3) is 0 Å². The summed E-state index contributed by atoms with van der Waals surface area (Å²) in [4.78, 5) is 24.8. The zero-order valence-corrected chi connectivity index (χ0v) is 17.1. The number of fused-ring (bicyclic) bond motifs is 1. The molecule has 6 heteroatoms. The van der Waals surface area contributed by atoms with Crippen LogP contribution in [-0.2, 0) is 10.2 Å². The third-order valence-corrected chi connectivity index (χ3v) is 6.06. The number of carbonyl (C=O) groups excluding carboxylic acids is 2. The van der Waals surface area contributed by atoms with E-state index in [9.17, 15) is 9.59 Å². The molecule has 5 rings (SSSR count). The Morgan fingerprint density at radius 2 is 1.77 bits per heavy atom. The van der Waals surface area contributed by atoms with Gasteiger partial charge >= 0.3 is 0 Å². The van der Waals surface area contributed by atoms with Gasteiger partial charge in [0.15, 0.2) is 11.5 Å². The molecule has 0 bridgehead atoms. The van der Waals surface area contributed by atoms with Crippen LogP contribution >= 0.6 is 0 Å². The van der Waals surface area contributed by atoms with E-state index >= 15 is 0 Å². The van der Waals surface area contributed by atoms with E-state index in [-0.39, 0.29) is 12.7 Å². The van der Waals surface area contributed by atoms with Crippen molar-refractivity contribution in [3.05, 3.63) is 77.4 Å². The van der Waals surface area contributed by atoms with Gasteiger partial charge in [0.05, 0.1) is 5.41 Å². The van der Waals surface area contributed by atoms with Crippen molar-refractivity contribution in [2.45, 2.75) is 25.2 Å². The van der Waals surface area contributed by atoms with Gasteiger partial charge in [-0.15, -0.1) is 0 Å². The molecule has 3 aromatic rings. The first-order valence-electron chi connectivity index (χ1n) is 10.2. The Morgan fingerprint density at radius 1 is 0.968 bits per heavy atom. The van der Waals surface area contributed by atoms with Crippen molar-refractivity contribution in [1.82, 2.24) is 0 Å². The molecule has 1 fully saturated rings. The molecule has 2 amide bonds. The molecule has 0 aromatic heterocycles. The summed E-state index contributed by atoms with van der Waals surface area (Å²) in [6.07, 6.45) is 1.58. The predicted molar refractivity (Wildman–Crippen MR) is 117 cm³/mol. The first kappa shape index (κ1) is 19.2. The van der Waals surface area contributed by atoms with E-state index in [0.717, 1.165) is 35.1 Å². The third kappa shape index (κ3) is 3.40. The van der Waals surface area contributed by atoms with Gasteiger partial charge in [-0.05, 0) is 78.4 Å². The Morgan fingerprint density at radius 3 is 2.55 bits per heavy atom. The van der Waals surface area contributed by atoms with E-state index in [4.69, 9.17) is 15.2 Å². The lowest BCUT2D eigenvalue weighted by Gasteiger charge is -2.17. The first-order valence-corrected chi connectivity index (χ1v) is 10.2. The van der Waals surface area contributed by atoms with E-state index in [1.165, 1.54) is 0 Å². The smallest absolute Gasteiger partial charge is 0.248 e. The molecule has 6 nitrogen and oxygen atoms in total. The molecule has 3 aromatic carbocycles. The second kappa shape index (κ2) is 7.16. The zero-order chi connectivity index (χ0) is 21.6. The van der Waals surface area contributed by atoms with Crippen LogP contribution in [-0.4, -0.2) is 18.6 Å². The number of ether oxygens (including phenoxy) is 2. The van der Waals surface area contributed by atoms with Gasteiger partial charge < -0.3 is 20.5 Å². The highest BCUT2D eigenvalue weighted by Gasteiger charge is 2.51. The summed E-state index contributed by atoms with van der Waals surface area (Å²) >= 11 is 0. The number of carbonyl (C=O) groups is 2. The lowest BCUT2D eigenvalue weighted by molar-refractivity contribution is -0.118. The number of hydrogen-bond acceptors (Lipinski definition) is 4. The number of primary amides is 1. The maximum atomic E-state index is 13.2. The fraction of sp³-hybridized carbons (Fsp3) is 0.200. The summed E-state index contributed by atoms with van der Waals surface area (Å²) in [6, 6.07) is 18.7. The van der Waals surface area contributed by atoms with Crippen LogP contribution in [0.5, 0.6) is 11.5 Å². The largest absolute Gasteiger partial charge is 0.454 e.